The van der Waals surface area contributed by atoms with Crippen molar-refractivity contribution in [2.75, 3.05) is 11.9 Å². The molecule has 1 aromatic carbocycles. The van der Waals surface area contributed by atoms with E-state index in [4.69, 9.17) is 5.11 Å². The molecule has 1 atom stereocenters. The summed E-state index contributed by atoms with van der Waals surface area (Å²) < 4.78 is 0. The van der Waals surface area contributed by atoms with Crippen LogP contribution in [0.15, 0.2) is 18.2 Å². The van der Waals surface area contributed by atoms with Gasteiger partial charge in [0.1, 0.15) is 18.3 Å². The Morgan fingerprint density at radius 2 is 1.84 bits per heavy atom. The van der Waals surface area contributed by atoms with Crippen LogP contribution in [-0.4, -0.2) is 39.4 Å². The van der Waals surface area contributed by atoms with Gasteiger partial charge in [0.15, 0.2) is 0 Å². The van der Waals surface area contributed by atoms with Crippen LogP contribution in [0.5, 0.6) is 0 Å². The van der Waals surface area contributed by atoms with Crippen molar-refractivity contribution in [1.29, 1.82) is 0 Å². The molecule has 1 aromatic rings. The number of aliphatic carboxylic acids is 1. The van der Waals surface area contributed by atoms with Crippen molar-refractivity contribution in [3.8, 4) is 0 Å². The number of benzene rings is 1. The summed E-state index contributed by atoms with van der Waals surface area (Å²) in [5.41, 5.74) is -1.06. The summed E-state index contributed by atoms with van der Waals surface area (Å²) in [5.74, 6) is -1.83. The van der Waals surface area contributed by atoms with Crippen LogP contribution in [-0.2, 0) is 9.59 Å². The van der Waals surface area contributed by atoms with E-state index in [9.17, 15) is 29.8 Å². The third kappa shape index (κ3) is 6.05. The average molecular weight is 354 g/mol. The van der Waals surface area contributed by atoms with Crippen molar-refractivity contribution in [2.45, 2.75) is 26.3 Å². The van der Waals surface area contributed by atoms with Crippen molar-refractivity contribution in [1.82, 2.24) is 5.32 Å². The highest BCUT2D eigenvalue weighted by Gasteiger charge is 2.25. The lowest BCUT2D eigenvalue weighted by Gasteiger charge is -2.20. The molecule has 136 valence electrons. The number of hydrogen-bond acceptors (Lipinski definition) is 7. The molecule has 3 N–H and O–H groups in total. The second-order valence-corrected chi connectivity index (χ2v) is 5.65. The summed E-state index contributed by atoms with van der Waals surface area (Å²) in [6, 6.07) is 2.09. The van der Waals surface area contributed by atoms with Gasteiger partial charge in [0.25, 0.3) is 11.4 Å². The first-order valence-corrected chi connectivity index (χ1v) is 7.30. The molecule has 0 aliphatic heterocycles. The summed E-state index contributed by atoms with van der Waals surface area (Å²) >= 11 is 0. The smallest absolute Gasteiger partial charge is 0.322 e. The van der Waals surface area contributed by atoms with Crippen molar-refractivity contribution in [3.05, 3.63) is 38.4 Å². The molecule has 1 unspecified atom stereocenters. The minimum absolute atomic E-state index is 0.0326. The SMILES string of the molecule is CC(C)CC(Nc1ccc([N+](=O)[O-])cc1[N+](=O)[O-])C(=O)NCC(=O)O. The molecular weight excluding hydrogens is 336 g/mol. The minimum Gasteiger partial charge on any atom is -0.480 e. The maximum atomic E-state index is 12.1. The highest BCUT2D eigenvalue weighted by atomic mass is 16.6. The monoisotopic (exact) mass is 354 g/mol. The molecule has 0 fully saturated rings. The third-order valence-electron chi connectivity index (χ3n) is 3.16. The van der Waals surface area contributed by atoms with E-state index in [0.717, 1.165) is 18.2 Å². The fourth-order valence-electron chi connectivity index (χ4n) is 2.08. The predicted octanol–water partition coefficient (Wildman–Crippen LogP) is 1.53. The Labute approximate surface area is 142 Å². The lowest BCUT2D eigenvalue weighted by Crippen LogP contribution is -2.42. The van der Waals surface area contributed by atoms with Crippen molar-refractivity contribution in [2.24, 2.45) is 5.92 Å². The fourth-order valence-corrected chi connectivity index (χ4v) is 2.08. The van der Waals surface area contributed by atoms with Crippen LogP contribution < -0.4 is 10.6 Å². The molecule has 0 radical (unpaired) electrons. The van der Waals surface area contributed by atoms with Gasteiger partial charge in [-0.1, -0.05) is 13.8 Å². The zero-order valence-electron chi connectivity index (χ0n) is 13.6. The second-order valence-electron chi connectivity index (χ2n) is 5.65. The van der Waals surface area contributed by atoms with E-state index in [-0.39, 0.29) is 18.0 Å². The number of rotatable bonds is 9. The molecule has 11 nitrogen and oxygen atoms in total. The first-order valence-electron chi connectivity index (χ1n) is 7.30. The first kappa shape index (κ1) is 19.8. The number of nitrogens with zero attached hydrogens (tertiary/aromatic N) is 2. The summed E-state index contributed by atoms with van der Waals surface area (Å²) in [4.78, 5) is 43.0. The first-order chi connectivity index (χ1) is 11.6. The van der Waals surface area contributed by atoms with Gasteiger partial charge in [0.05, 0.1) is 15.9 Å². The summed E-state index contributed by atoms with van der Waals surface area (Å²) in [5, 5.41) is 35.4. The number of nitrogens with one attached hydrogen (secondary N) is 2. The topological polar surface area (TPSA) is 165 Å². The van der Waals surface area contributed by atoms with Crippen LogP contribution in [0.2, 0.25) is 0 Å². The number of amides is 1. The van der Waals surface area contributed by atoms with E-state index >= 15 is 0 Å². The Balaban J connectivity index is 3.10. The average Bonchev–Trinajstić information content (AvgIpc) is 2.51. The van der Waals surface area contributed by atoms with Crippen LogP contribution in [0, 0.1) is 26.1 Å². The third-order valence-corrected chi connectivity index (χ3v) is 3.16. The van der Waals surface area contributed by atoms with E-state index < -0.39 is 45.7 Å². The van der Waals surface area contributed by atoms with Gasteiger partial charge in [-0.25, -0.2) is 0 Å². The number of nitro benzene ring substituents is 2. The number of carboxylic acid groups (broad SMARTS) is 1. The molecule has 0 saturated carbocycles. The second kappa shape index (κ2) is 8.57. The van der Waals surface area contributed by atoms with Gasteiger partial charge in [0, 0.05) is 6.07 Å². The molecule has 0 aromatic heterocycles. The molecule has 0 bridgehead atoms. The lowest BCUT2D eigenvalue weighted by atomic mass is 10.0. The number of hydrogen-bond donors (Lipinski definition) is 3. The number of carboxylic acids is 1. The van der Waals surface area contributed by atoms with Crippen LogP contribution >= 0.6 is 0 Å². The molecule has 0 heterocycles. The van der Waals surface area contributed by atoms with E-state index in [1.165, 1.54) is 0 Å². The van der Waals surface area contributed by atoms with Crippen LogP contribution in [0.25, 0.3) is 0 Å². The van der Waals surface area contributed by atoms with Gasteiger partial charge >= 0.3 is 5.97 Å². The number of carbonyl (C=O) groups excluding carboxylic acids is 1. The Kier molecular flexibility index (Phi) is 6.79. The highest BCUT2D eigenvalue weighted by Crippen LogP contribution is 2.30. The fraction of sp³-hybridized carbons (Fsp3) is 0.429. The van der Waals surface area contributed by atoms with Gasteiger partial charge in [-0.05, 0) is 18.4 Å². The molecule has 25 heavy (non-hydrogen) atoms. The summed E-state index contributed by atoms with van der Waals surface area (Å²) in [7, 11) is 0. The Morgan fingerprint density at radius 3 is 2.32 bits per heavy atom. The van der Waals surface area contributed by atoms with Crippen LogP contribution in [0.4, 0.5) is 17.1 Å². The zero-order chi connectivity index (χ0) is 19.1. The van der Waals surface area contributed by atoms with Gasteiger partial charge in [0.2, 0.25) is 5.91 Å². The Bertz CT molecular complexity index is 690. The molecule has 1 amide bonds. The van der Waals surface area contributed by atoms with Crippen molar-refractivity contribution < 1.29 is 24.5 Å². The number of anilines is 1. The maximum absolute atomic E-state index is 12.1. The zero-order valence-corrected chi connectivity index (χ0v) is 13.6. The van der Waals surface area contributed by atoms with Gasteiger partial charge in [-0.2, -0.15) is 0 Å². The lowest BCUT2D eigenvalue weighted by molar-refractivity contribution is -0.393. The molecule has 0 saturated heterocycles. The maximum Gasteiger partial charge on any atom is 0.322 e. The summed E-state index contributed by atoms with van der Waals surface area (Å²) in [6.45, 7) is 3.06. The van der Waals surface area contributed by atoms with Crippen molar-refractivity contribution >= 4 is 28.9 Å². The molecule has 0 aliphatic carbocycles. The molecule has 11 heteroatoms. The Morgan fingerprint density at radius 1 is 1.20 bits per heavy atom. The Hall–Kier alpha value is -3.24. The standard InChI is InChI=1S/C14H18N4O7/c1-8(2)5-11(14(21)15-7-13(19)20)16-10-4-3-9(17(22)23)6-12(10)18(24)25/h3-4,6,8,11,16H,5,7H2,1-2H3,(H,15,21)(H,19,20). The normalized spacial score (nSPS) is 11.6. The van der Waals surface area contributed by atoms with Gasteiger partial charge in [-0.3, -0.25) is 29.8 Å². The van der Waals surface area contributed by atoms with Crippen LogP contribution in [0.3, 0.4) is 0 Å². The van der Waals surface area contributed by atoms with E-state index in [2.05, 4.69) is 10.6 Å². The van der Waals surface area contributed by atoms with Crippen LogP contribution in [0.1, 0.15) is 20.3 Å². The summed E-state index contributed by atoms with van der Waals surface area (Å²) in [6.07, 6.45) is 0.277. The van der Waals surface area contributed by atoms with Crippen molar-refractivity contribution in [3.63, 3.8) is 0 Å². The minimum atomic E-state index is -1.22. The van der Waals surface area contributed by atoms with Gasteiger partial charge < -0.3 is 15.7 Å². The quantitative estimate of drug-likeness (QED) is 0.443. The molecular formula is C14H18N4O7. The van der Waals surface area contributed by atoms with Gasteiger partial charge in [-0.15, -0.1) is 0 Å². The largest absolute Gasteiger partial charge is 0.480 e. The number of carbonyl (C=O) groups is 2. The molecule has 1 rings (SSSR count). The van der Waals surface area contributed by atoms with E-state index in [0.29, 0.717) is 0 Å². The highest BCUT2D eigenvalue weighted by molar-refractivity contribution is 5.88. The van der Waals surface area contributed by atoms with E-state index in [1.807, 2.05) is 13.8 Å². The predicted molar refractivity (Wildman–Crippen MR) is 87.3 cm³/mol. The molecule has 0 spiro atoms. The molecule has 0 aliphatic rings. The number of nitro groups is 2. The number of non-ortho nitro benzene ring substituents is 1. The van der Waals surface area contributed by atoms with E-state index in [1.54, 1.807) is 0 Å².